The number of ketones is 1. The number of hydrogen-bond donors (Lipinski definition) is 0. The van der Waals surface area contributed by atoms with Gasteiger partial charge in [0.25, 0.3) is 0 Å². The van der Waals surface area contributed by atoms with Gasteiger partial charge in [0.05, 0.1) is 4.88 Å². The molecule has 1 heterocycles. The number of aryl methyl sites for hydroxylation is 1. The Morgan fingerprint density at radius 3 is 2.69 bits per heavy atom. The molecule has 2 heteroatoms. The number of hydrogen-bond acceptors (Lipinski definition) is 2. The lowest BCUT2D eigenvalue weighted by molar-refractivity contribution is 0.0926. The summed E-state index contributed by atoms with van der Waals surface area (Å²) in [5.41, 5.74) is 1.15. The molecule has 1 fully saturated rings. The summed E-state index contributed by atoms with van der Waals surface area (Å²) in [5, 5.41) is 2.01. The highest BCUT2D eigenvalue weighted by atomic mass is 32.1. The maximum Gasteiger partial charge on any atom is 0.176 e. The molecule has 1 aliphatic carbocycles. The third-order valence-electron chi connectivity index (χ3n) is 2.81. The molecule has 0 spiro atoms. The van der Waals surface area contributed by atoms with Crippen LogP contribution in [0.4, 0.5) is 0 Å². The summed E-state index contributed by atoms with van der Waals surface area (Å²) in [5.74, 6) is 0.724. The molecule has 0 bridgehead atoms. The van der Waals surface area contributed by atoms with E-state index in [1.807, 2.05) is 18.4 Å². The van der Waals surface area contributed by atoms with Crippen LogP contribution < -0.4 is 0 Å². The maximum absolute atomic E-state index is 11.9. The molecule has 0 aromatic carbocycles. The smallest absolute Gasteiger partial charge is 0.176 e. The predicted molar refractivity (Wildman–Crippen MR) is 55.3 cm³/mol. The molecule has 0 unspecified atom stereocenters. The lowest BCUT2D eigenvalue weighted by Gasteiger charge is -2.06. The van der Waals surface area contributed by atoms with Crippen LogP contribution in [0.15, 0.2) is 11.4 Å². The van der Waals surface area contributed by atoms with Gasteiger partial charge in [-0.25, -0.2) is 0 Å². The van der Waals surface area contributed by atoms with Crippen molar-refractivity contribution in [3.63, 3.8) is 0 Å². The minimum atomic E-state index is 0.331. The van der Waals surface area contributed by atoms with Crippen LogP contribution >= 0.6 is 11.3 Å². The van der Waals surface area contributed by atoms with Gasteiger partial charge in [-0.15, -0.1) is 11.3 Å². The van der Waals surface area contributed by atoms with Gasteiger partial charge < -0.3 is 0 Å². The zero-order chi connectivity index (χ0) is 9.26. The normalized spacial score (nSPS) is 17.9. The monoisotopic (exact) mass is 194 g/mol. The average Bonchev–Trinajstić information content (AvgIpc) is 2.72. The lowest BCUT2D eigenvalue weighted by Crippen LogP contribution is -2.10. The van der Waals surface area contributed by atoms with E-state index in [-0.39, 0.29) is 0 Å². The average molecular weight is 194 g/mol. The van der Waals surface area contributed by atoms with Gasteiger partial charge in [-0.3, -0.25) is 4.79 Å². The topological polar surface area (TPSA) is 17.1 Å². The van der Waals surface area contributed by atoms with Crippen molar-refractivity contribution in [3.8, 4) is 0 Å². The number of Topliss-reactive ketones (excluding diaryl/α,β-unsaturated/α-hetero) is 1. The fraction of sp³-hybridized carbons (Fsp3) is 0.545. The van der Waals surface area contributed by atoms with Crippen molar-refractivity contribution >= 4 is 17.1 Å². The molecule has 1 aromatic rings. The van der Waals surface area contributed by atoms with E-state index in [0.717, 1.165) is 23.3 Å². The van der Waals surface area contributed by atoms with Crippen LogP contribution in [-0.2, 0) is 0 Å². The molecule has 1 aliphatic rings. The van der Waals surface area contributed by atoms with Gasteiger partial charge in [-0.1, -0.05) is 12.8 Å². The van der Waals surface area contributed by atoms with Crippen LogP contribution in [0.5, 0.6) is 0 Å². The Bertz CT molecular complexity index is 308. The number of thiophene rings is 1. The summed E-state index contributed by atoms with van der Waals surface area (Å²) < 4.78 is 0. The van der Waals surface area contributed by atoms with E-state index in [4.69, 9.17) is 0 Å². The third kappa shape index (κ3) is 1.68. The Morgan fingerprint density at radius 2 is 2.15 bits per heavy atom. The standard InChI is InChI=1S/C11H14OS/c1-8-6-7-13-11(8)10(12)9-4-2-3-5-9/h6-7,9H,2-5H2,1H3. The van der Waals surface area contributed by atoms with E-state index in [2.05, 4.69) is 0 Å². The Balaban J connectivity index is 2.17. The second-order valence-corrected chi connectivity index (χ2v) is 4.69. The molecule has 0 saturated heterocycles. The van der Waals surface area contributed by atoms with Crippen molar-refractivity contribution in [2.75, 3.05) is 0 Å². The van der Waals surface area contributed by atoms with Gasteiger partial charge in [0.15, 0.2) is 5.78 Å². The first-order valence-electron chi connectivity index (χ1n) is 4.87. The Labute approximate surface area is 82.8 Å². The molecule has 0 amide bonds. The van der Waals surface area contributed by atoms with Crippen LogP contribution in [0.25, 0.3) is 0 Å². The van der Waals surface area contributed by atoms with Crippen LogP contribution in [0.3, 0.4) is 0 Å². The molecule has 0 atom stereocenters. The molecule has 1 saturated carbocycles. The largest absolute Gasteiger partial charge is 0.293 e. The van der Waals surface area contributed by atoms with E-state index in [1.54, 1.807) is 11.3 Å². The summed E-state index contributed by atoms with van der Waals surface area (Å²) in [6.07, 6.45) is 4.69. The van der Waals surface area contributed by atoms with E-state index in [1.165, 1.54) is 12.8 Å². The van der Waals surface area contributed by atoms with Gasteiger partial charge in [0, 0.05) is 5.92 Å². The fourth-order valence-electron chi connectivity index (χ4n) is 2.00. The minimum absolute atomic E-state index is 0.331. The van der Waals surface area contributed by atoms with E-state index < -0.39 is 0 Å². The molecule has 0 N–H and O–H groups in total. The molecular weight excluding hydrogens is 180 g/mol. The van der Waals surface area contributed by atoms with Gasteiger partial charge in [-0.05, 0) is 36.8 Å². The number of carbonyl (C=O) groups excluding carboxylic acids is 1. The van der Waals surface area contributed by atoms with Crippen LogP contribution in [0.1, 0.15) is 40.9 Å². The molecule has 13 heavy (non-hydrogen) atoms. The Morgan fingerprint density at radius 1 is 1.46 bits per heavy atom. The van der Waals surface area contributed by atoms with Crippen LogP contribution in [0.2, 0.25) is 0 Å². The first kappa shape index (κ1) is 8.95. The summed E-state index contributed by atoms with van der Waals surface area (Å²) >= 11 is 1.59. The first-order chi connectivity index (χ1) is 6.29. The zero-order valence-corrected chi connectivity index (χ0v) is 8.69. The van der Waals surface area contributed by atoms with Crippen LogP contribution in [0, 0.1) is 12.8 Å². The molecule has 0 radical (unpaired) electrons. The summed E-state index contributed by atoms with van der Waals surface area (Å²) in [6.45, 7) is 2.03. The fourth-order valence-corrected chi connectivity index (χ4v) is 2.94. The SMILES string of the molecule is Cc1ccsc1C(=O)C1CCCC1. The molecule has 1 nitrogen and oxygen atoms in total. The van der Waals surface area contributed by atoms with E-state index in [0.29, 0.717) is 11.7 Å². The Hall–Kier alpha value is -0.630. The molecule has 2 rings (SSSR count). The number of carbonyl (C=O) groups is 1. The predicted octanol–water partition coefficient (Wildman–Crippen LogP) is 3.43. The highest BCUT2D eigenvalue weighted by molar-refractivity contribution is 7.12. The summed E-state index contributed by atoms with van der Waals surface area (Å²) in [4.78, 5) is 12.9. The second kappa shape index (κ2) is 3.62. The molecule has 1 aromatic heterocycles. The van der Waals surface area contributed by atoms with Gasteiger partial charge in [0.2, 0.25) is 0 Å². The molecule has 70 valence electrons. The van der Waals surface area contributed by atoms with Gasteiger partial charge >= 0.3 is 0 Å². The summed E-state index contributed by atoms with van der Waals surface area (Å²) in [6, 6.07) is 2.03. The quantitative estimate of drug-likeness (QED) is 0.659. The van der Waals surface area contributed by atoms with Crippen LogP contribution in [-0.4, -0.2) is 5.78 Å². The third-order valence-corrected chi connectivity index (χ3v) is 3.84. The van der Waals surface area contributed by atoms with Crippen molar-refractivity contribution in [1.29, 1.82) is 0 Å². The number of rotatable bonds is 2. The molecule has 0 aliphatic heterocycles. The molecular formula is C11H14OS. The van der Waals surface area contributed by atoms with Gasteiger partial charge in [0.1, 0.15) is 0 Å². The van der Waals surface area contributed by atoms with Gasteiger partial charge in [-0.2, -0.15) is 0 Å². The summed E-state index contributed by atoms with van der Waals surface area (Å²) in [7, 11) is 0. The zero-order valence-electron chi connectivity index (χ0n) is 7.88. The Kier molecular flexibility index (Phi) is 2.49. The van der Waals surface area contributed by atoms with Crippen molar-refractivity contribution in [1.82, 2.24) is 0 Å². The van der Waals surface area contributed by atoms with Crippen molar-refractivity contribution in [2.45, 2.75) is 32.6 Å². The highest BCUT2D eigenvalue weighted by Crippen LogP contribution is 2.30. The van der Waals surface area contributed by atoms with E-state index in [9.17, 15) is 4.79 Å². The first-order valence-corrected chi connectivity index (χ1v) is 5.75. The lowest BCUT2D eigenvalue weighted by atomic mass is 10.00. The van der Waals surface area contributed by atoms with Crippen molar-refractivity contribution in [3.05, 3.63) is 21.9 Å². The second-order valence-electron chi connectivity index (χ2n) is 3.78. The van der Waals surface area contributed by atoms with E-state index >= 15 is 0 Å². The highest BCUT2D eigenvalue weighted by Gasteiger charge is 2.25. The minimum Gasteiger partial charge on any atom is -0.293 e. The maximum atomic E-state index is 11.9. The van der Waals surface area contributed by atoms with Crippen molar-refractivity contribution in [2.24, 2.45) is 5.92 Å². The van der Waals surface area contributed by atoms with Crippen molar-refractivity contribution < 1.29 is 4.79 Å².